The van der Waals surface area contributed by atoms with Gasteiger partial charge in [0.15, 0.2) is 0 Å². The third kappa shape index (κ3) is 3.60. The fraction of sp³-hybridized carbons (Fsp3) is 0.667. The molecule has 106 valence electrons. The van der Waals surface area contributed by atoms with Gasteiger partial charge in [0, 0.05) is 31.4 Å². The topological polar surface area (TPSA) is 34.5 Å². The summed E-state index contributed by atoms with van der Waals surface area (Å²) >= 11 is 0. The first-order chi connectivity index (χ1) is 9.22. The number of esters is 1. The van der Waals surface area contributed by atoms with Crippen LogP contribution in [-0.2, 0) is 16.6 Å². The van der Waals surface area contributed by atoms with Crippen LogP contribution in [0, 0.1) is 0 Å². The van der Waals surface area contributed by atoms with E-state index in [2.05, 4.69) is 34.8 Å². The molecule has 1 aliphatic heterocycles. The Balaban J connectivity index is 1.93. The minimum Gasteiger partial charge on any atom is -0.469 e. The number of rotatable bonds is 5. The zero-order valence-corrected chi connectivity index (χ0v) is 12.0. The van der Waals surface area contributed by atoms with Crippen molar-refractivity contribution in [3.05, 3.63) is 24.0 Å². The molecular weight excluding hydrogens is 240 g/mol. The molecule has 0 radical (unpaired) electrons. The molecule has 4 nitrogen and oxygen atoms in total. The van der Waals surface area contributed by atoms with Crippen LogP contribution in [0.3, 0.4) is 0 Å². The molecule has 0 aromatic carbocycles. The van der Waals surface area contributed by atoms with E-state index in [0.717, 1.165) is 19.5 Å². The molecule has 1 saturated heterocycles. The molecule has 1 aromatic rings. The lowest BCUT2D eigenvalue weighted by molar-refractivity contribution is -0.140. The van der Waals surface area contributed by atoms with Crippen LogP contribution in [0.5, 0.6) is 0 Å². The second kappa shape index (κ2) is 6.75. The maximum atomic E-state index is 11.2. The Morgan fingerprint density at radius 3 is 3.00 bits per heavy atom. The number of likely N-dealkylation sites (tertiary alicyclic amines) is 1. The van der Waals surface area contributed by atoms with Crippen molar-refractivity contribution >= 4 is 5.97 Å². The largest absolute Gasteiger partial charge is 0.469 e. The molecule has 0 saturated carbocycles. The molecule has 0 unspecified atom stereocenters. The second-order valence-corrected chi connectivity index (χ2v) is 5.27. The van der Waals surface area contributed by atoms with E-state index in [0.29, 0.717) is 12.5 Å². The zero-order valence-electron chi connectivity index (χ0n) is 12.0. The first-order valence-corrected chi connectivity index (χ1v) is 7.14. The Bertz CT molecular complexity index is 414. The third-order valence-corrected chi connectivity index (χ3v) is 3.99. The van der Waals surface area contributed by atoms with Gasteiger partial charge < -0.3 is 9.30 Å². The predicted molar refractivity (Wildman–Crippen MR) is 74.8 cm³/mol. The van der Waals surface area contributed by atoms with E-state index >= 15 is 0 Å². The Hall–Kier alpha value is -1.29. The highest BCUT2D eigenvalue weighted by Crippen LogP contribution is 2.30. The molecule has 1 aromatic heterocycles. The summed E-state index contributed by atoms with van der Waals surface area (Å²) in [6.45, 7) is 2.11. The summed E-state index contributed by atoms with van der Waals surface area (Å²) in [7, 11) is 3.56. The number of methoxy groups -OCH3 is 1. The normalized spacial score (nSPS) is 20.4. The summed E-state index contributed by atoms with van der Waals surface area (Å²) in [4.78, 5) is 13.7. The van der Waals surface area contributed by atoms with Gasteiger partial charge in [0.1, 0.15) is 0 Å². The van der Waals surface area contributed by atoms with Crippen LogP contribution in [0.25, 0.3) is 0 Å². The molecule has 1 aliphatic rings. The summed E-state index contributed by atoms with van der Waals surface area (Å²) < 4.78 is 6.91. The van der Waals surface area contributed by atoms with E-state index < -0.39 is 0 Å². The molecular formula is C15H24N2O2. The number of hydrogen-bond acceptors (Lipinski definition) is 3. The fourth-order valence-corrected chi connectivity index (χ4v) is 2.94. The molecule has 1 atom stereocenters. The lowest BCUT2D eigenvalue weighted by atomic mass is 9.99. The van der Waals surface area contributed by atoms with Crippen molar-refractivity contribution in [2.45, 2.75) is 38.1 Å². The van der Waals surface area contributed by atoms with Crippen LogP contribution in [0.1, 0.15) is 43.8 Å². The van der Waals surface area contributed by atoms with E-state index in [1.54, 1.807) is 0 Å². The quantitative estimate of drug-likeness (QED) is 0.766. The van der Waals surface area contributed by atoms with Crippen molar-refractivity contribution < 1.29 is 9.53 Å². The molecule has 0 amide bonds. The zero-order chi connectivity index (χ0) is 13.7. The van der Waals surface area contributed by atoms with E-state index in [-0.39, 0.29) is 5.97 Å². The van der Waals surface area contributed by atoms with Gasteiger partial charge in [-0.05, 0) is 44.5 Å². The number of aryl methyl sites for hydroxylation is 1. The number of aromatic nitrogens is 1. The van der Waals surface area contributed by atoms with Crippen molar-refractivity contribution in [3.63, 3.8) is 0 Å². The number of piperidine rings is 1. The first kappa shape index (κ1) is 14.1. The average molecular weight is 264 g/mol. The highest BCUT2D eigenvalue weighted by molar-refractivity contribution is 5.69. The molecule has 19 heavy (non-hydrogen) atoms. The van der Waals surface area contributed by atoms with E-state index in [9.17, 15) is 4.79 Å². The number of carbonyl (C=O) groups excluding carboxylic acids is 1. The Kier molecular flexibility index (Phi) is 5.02. The standard InChI is InChI=1S/C15H24N2O2/c1-16-10-5-8-13(16)14-7-3-4-11-17(14)12-6-9-15(18)19-2/h5,8,10,14H,3-4,6-7,9,11-12H2,1-2H3/t14-/m1/s1. The summed E-state index contributed by atoms with van der Waals surface area (Å²) in [5.74, 6) is -0.104. The van der Waals surface area contributed by atoms with Crippen LogP contribution < -0.4 is 0 Å². The van der Waals surface area contributed by atoms with Crippen molar-refractivity contribution in [1.82, 2.24) is 9.47 Å². The van der Waals surface area contributed by atoms with Gasteiger partial charge in [-0.2, -0.15) is 0 Å². The molecule has 1 fully saturated rings. The van der Waals surface area contributed by atoms with E-state index in [1.165, 1.54) is 32.1 Å². The molecule has 0 aliphatic carbocycles. The van der Waals surface area contributed by atoms with Gasteiger partial charge in [-0.25, -0.2) is 0 Å². The van der Waals surface area contributed by atoms with Crippen molar-refractivity contribution in [2.24, 2.45) is 7.05 Å². The Labute approximate surface area is 115 Å². The summed E-state index contributed by atoms with van der Waals surface area (Å²) in [6.07, 6.45) is 7.29. The first-order valence-electron chi connectivity index (χ1n) is 7.14. The highest BCUT2D eigenvalue weighted by atomic mass is 16.5. The van der Waals surface area contributed by atoms with Crippen LogP contribution >= 0.6 is 0 Å². The van der Waals surface area contributed by atoms with Gasteiger partial charge >= 0.3 is 5.97 Å². The molecule has 0 spiro atoms. The number of nitrogens with zero attached hydrogens (tertiary/aromatic N) is 2. The lowest BCUT2D eigenvalue weighted by Gasteiger charge is -2.36. The number of hydrogen-bond donors (Lipinski definition) is 0. The van der Waals surface area contributed by atoms with Crippen LogP contribution in [0.15, 0.2) is 18.3 Å². The van der Waals surface area contributed by atoms with Gasteiger partial charge in [-0.1, -0.05) is 6.42 Å². The molecule has 2 heterocycles. The maximum Gasteiger partial charge on any atom is 0.305 e. The van der Waals surface area contributed by atoms with Crippen molar-refractivity contribution in [3.8, 4) is 0 Å². The van der Waals surface area contributed by atoms with Gasteiger partial charge in [-0.3, -0.25) is 9.69 Å². The highest BCUT2D eigenvalue weighted by Gasteiger charge is 2.25. The maximum absolute atomic E-state index is 11.2. The predicted octanol–water partition coefficient (Wildman–Crippen LogP) is 2.51. The fourth-order valence-electron chi connectivity index (χ4n) is 2.94. The summed E-state index contributed by atoms with van der Waals surface area (Å²) in [5.41, 5.74) is 1.39. The lowest BCUT2D eigenvalue weighted by Crippen LogP contribution is -2.35. The van der Waals surface area contributed by atoms with Crippen LogP contribution in [0.4, 0.5) is 0 Å². The summed E-state index contributed by atoms with van der Waals surface area (Å²) in [6, 6.07) is 4.83. The monoisotopic (exact) mass is 264 g/mol. The molecule has 4 heteroatoms. The van der Waals surface area contributed by atoms with E-state index in [4.69, 9.17) is 4.74 Å². The second-order valence-electron chi connectivity index (χ2n) is 5.27. The van der Waals surface area contributed by atoms with Crippen molar-refractivity contribution in [1.29, 1.82) is 0 Å². The summed E-state index contributed by atoms with van der Waals surface area (Å²) in [5, 5.41) is 0. The van der Waals surface area contributed by atoms with Crippen LogP contribution in [0.2, 0.25) is 0 Å². The Morgan fingerprint density at radius 1 is 1.47 bits per heavy atom. The van der Waals surface area contributed by atoms with E-state index in [1.807, 2.05) is 0 Å². The Morgan fingerprint density at radius 2 is 2.32 bits per heavy atom. The number of ether oxygens (including phenoxy) is 1. The van der Waals surface area contributed by atoms with Gasteiger partial charge in [0.05, 0.1) is 7.11 Å². The SMILES string of the molecule is COC(=O)CCCN1CCCC[C@@H]1c1cccn1C. The third-order valence-electron chi connectivity index (χ3n) is 3.99. The minimum absolute atomic E-state index is 0.104. The minimum atomic E-state index is -0.104. The van der Waals surface area contributed by atoms with Gasteiger partial charge in [0.2, 0.25) is 0 Å². The van der Waals surface area contributed by atoms with Gasteiger partial charge in [-0.15, -0.1) is 0 Å². The number of carbonyl (C=O) groups is 1. The van der Waals surface area contributed by atoms with Crippen molar-refractivity contribution in [2.75, 3.05) is 20.2 Å². The molecule has 0 bridgehead atoms. The van der Waals surface area contributed by atoms with Crippen LogP contribution in [-0.4, -0.2) is 35.6 Å². The average Bonchev–Trinajstić information content (AvgIpc) is 2.85. The smallest absolute Gasteiger partial charge is 0.305 e. The molecule has 2 rings (SSSR count). The molecule has 0 N–H and O–H groups in total. The van der Waals surface area contributed by atoms with Gasteiger partial charge in [0.25, 0.3) is 0 Å².